The Morgan fingerprint density at radius 1 is 1.06 bits per heavy atom. The average Bonchev–Trinajstić information content (AvgIpc) is 3.20. The molecule has 160 valence electrons. The van der Waals surface area contributed by atoms with Gasteiger partial charge in [-0.2, -0.15) is 0 Å². The molecule has 0 radical (unpaired) electrons. The minimum absolute atomic E-state index is 0.0569. The van der Waals surface area contributed by atoms with Gasteiger partial charge < -0.3 is 14.6 Å². The van der Waals surface area contributed by atoms with Gasteiger partial charge in [0, 0.05) is 17.5 Å². The zero-order valence-corrected chi connectivity index (χ0v) is 18.6. The summed E-state index contributed by atoms with van der Waals surface area (Å²) in [4.78, 5) is 17.7. The number of thiazole rings is 1. The van der Waals surface area contributed by atoms with Gasteiger partial charge in [-0.25, -0.2) is 4.99 Å². The summed E-state index contributed by atoms with van der Waals surface area (Å²) in [5.74, 6) is 0.566. The van der Waals surface area contributed by atoms with Crippen LogP contribution in [0.25, 0.3) is 11.3 Å². The molecular formula is C26H23N3O2S. The number of nitrogens with one attached hydrogen (secondary N) is 1. The summed E-state index contributed by atoms with van der Waals surface area (Å²) < 4.78 is 7.78. The third-order valence-electron chi connectivity index (χ3n) is 5.40. The Balaban J connectivity index is 1.57. The van der Waals surface area contributed by atoms with Crippen molar-refractivity contribution in [3.05, 3.63) is 94.1 Å². The summed E-state index contributed by atoms with van der Waals surface area (Å²) in [5, 5.41) is 5.04. The van der Waals surface area contributed by atoms with E-state index in [2.05, 4.69) is 58.6 Å². The number of fused-ring (bicyclic) bond motifs is 1. The average molecular weight is 442 g/mol. The predicted octanol–water partition coefficient (Wildman–Crippen LogP) is 5.33. The minimum atomic E-state index is -0.132. The molecule has 0 aliphatic carbocycles. The van der Waals surface area contributed by atoms with Crippen LogP contribution in [0.15, 0.2) is 83.2 Å². The van der Waals surface area contributed by atoms with Crippen LogP contribution in [0.2, 0.25) is 0 Å². The molecule has 0 fully saturated rings. The fourth-order valence-corrected chi connectivity index (χ4v) is 4.76. The molecule has 1 aliphatic rings. The maximum Gasteiger partial charge on any atom is 0.262 e. The molecule has 5 nitrogen and oxygen atoms in total. The number of benzene rings is 3. The second-order valence-electron chi connectivity index (χ2n) is 7.79. The Morgan fingerprint density at radius 2 is 1.94 bits per heavy atom. The van der Waals surface area contributed by atoms with E-state index in [1.165, 1.54) is 11.1 Å². The quantitative estimate of drug-likeness (QED) is 0.455. The number of hydrogen-bond acceptors (Lipinski definition) is 4. The van der Waals surface area contributed by atoms with E-state index in [1.807, 2.05) is 36.4 Å². The van der Waals surface area contributed by atoms with Crippen molar-refractivity contribution in [2.45, 2.75) is 19.9 Å². The smallest absolute Gasteiger partial charge is 0.262 e. The molecule has 6 heteroatoms. The highest BCUT2D eigenvalue weighted by atomic mass is 32.1. The summed E-state index contributed by atoms with van der Waals surface area (Å²) in [5.41, 5.74) is 6.20. The van der Waals surface area contributed by atoms with Crippen molar-refractivity contribution in [1.82, 2.24) is 4.57 Å². The minimum Gasteiger partial charge on any atom is -0.482 e. The van der Waals surface area contributed by atoms with E-state index in [-0.39, 0.29) is 12.5 Å². The molecule has 0 unspecified atom stereocenters. The lowest BCUT2D eigenvalue weighted by Gasteiger charge is -2.19. The fourth-order valence-electron chi connectivity index (χ4n) is 3.80. The van der Waals surface area contributed by atoms with Crippen LogP contribution in [-0.4, -0.2) is 17.1 Å². The second-order valence-corrected chi connectivity index (χ2v) is 8.63. The van der Waals surface area contributed by atoms with Crippen LogP contribution < -0.4 is 14.9 Å². The third-order valence-corrected chi connectivity index (χ3v) is 6.26. The lowest BCUT2D eigenvalue weighted by Crippen LogP contribution is -2.25. The van der Waals surface area contributed by atoms with Crippen LogP contribution >= 0.6 is 11.3 Å². The maximum atomic E-state index is 11.8. The zero-order chi connectivity index (χ0) is 21.9. The van der Waals surface area contributed by atoms with Crippen molar-refractivity contribution in [1.29, 1.82) is 0 Å². The molecule has 1 aromatic heterocycles. The number of hydrogen-bond donors (Lipinski definition) is 1. The molecule has 0 saturated heterocycles. The van der Waals surface area contributed by atoms with Crippen LogP contribution in [0.1, 0.15) is 11.1 Å². The molecule has 0 saturated carbocycles. The van der Waals surface area contributed by atoms with Crippen molar-refractivity contribution < 1.29 is 9.53 Å². The Bertz CT molecular complexity index is 1340. The van der Waals surface area contributed by atoms with Crippen LogP contribution in [0.5, 0.6) is 5.75 Å². The van der Waals surface area contributed by atoms with Gasteiger partial charge in [-0.3, -0.25) is 4.79 Å². The molecule has 4 aromatic rings. The van der Waals surface area contributed by atoms with Crippen molar-refractivity contribution in [2.24, 2.45) is 4.99 Å². The van der Waals surface area contributed by atoms with Crippen LogP contribution in [0.4, 0.5) is 11.4 Å². The van der Waals surface area contributed by atoms with Crippen LogP contribution in [-0.2, 0) is 17.8 Å². The molecule has 0 atom stereocenters. The van der Waals surface area contributed by atoms with E-state index >= 15 is 0 Å². The SMILES string of the molecule is Cc1cccc(N=c2scc(-c3ccc4c(c3)NC(=O)CO4)n2CCc2ccccc2)c1. The summed E-state index contributed by atoms with van der Waals surface area (Å²) >= 11 is 1.62. The lowest BCUT2D eigenvalue weighted by molar-refractivity contribution is -0.118. The number of amides is 1. The van der Waals surface area contributed by atoms with Gasteiger partial charge >= 0.3 is 0 Å². The number of aryl methyl sites for hydroxylation is 2. The van der Waals surface area contributed by atoms with Gasteiger partial charge in [0.25, 0.3) is 5.91 Å². The van der Waals surface area contributed by atoms with Crippen molar-refractivity contribution in [3.8, 4) is 17.0 Å². The van der Waals surface area contributed by atoms with Crippen LogP contribution in [0.3, 0.4) is 0 Å². The first-order valence-corrected chi connectivity index (χ1v) is 11.4. The number of anilines is 1. The van der Waals surface area contributed by atoms with E-state index in [1.54, 1.807) is 11.3 Å². The number of ether oxygens (including phenoxy) is 1. The van der Waals surface area contributed by atoms with E-state index in [0.717, 1.165) is 34.7 Å². The van der Waals surface area contributed by atoms with E-state index < -0.39 is 0 Å². The summed E-state index contributed by atoms with van der Waals surface area (Å²) in [6, 6.07) is 24.6. The van der Waals surface area contributed by atoms with Gasteiger partial charge in [0.05, 0.1) is 17.1 Å². The van der Waals surface area contributed by atoms with Crippen molar-refractivity contribution >= 4 is 28.6 Å². The zero-order valence-electron chi connectivity index (χ0n) is 17.7. The number of carbonyl (C=O) groups is 1. The van der Waals surface area contributed by atoms with Gasteiger partial charge in [0.15, 0.2) is 11.4 Å². The molecular weight excluding hydrogens is 418 g/mol. The summed E-state index contributed by atoms with van der Waals surface area (Å²) in [6.07, 6.45) is 0.899. The number of aromatic nitrogens is 1. The Hall–Kier alpha value is -3.64. The molecule has 2 heterocycles. The third kappa shape index (κ3) is 4.36. The lowest BCUT2D eigenvalue weighted by atomic mass is 10.1. The largest absolute Gasteiger partial charge is 0.482 e. The number of nitrogens with zero attached hydrogens (tertiary/aromatic N) is 2. The molecule has 0 spiro atoms. The second kappa shape index (κ2) is 8.85. The van der Waals surface area contributed by atoms with Gasteiger partial charge in [0.1, 0.15) is 5.75 Å². The van der Waals surface area contributed by atoms with E-state index in [4.69, 9.17) is 9.73 Å². The Morgan fingerprint density at radius 3 is 2.78 bits per heavy atom. The van der Waals surface area contributed by atoms with Gasteiger partial charge in [-0.15, -0.1) is 11.3 Å². The highest BCUT2D eigenvalue weighted by molar-refractivity contribution is 7.07. The standard InChI is InChI=1S/C26H23N3O2S/c1-18-6-5-9-21(14-18)27-26-29(13-12-19-7-3-2-4-8-19)23(17-32-26)20-10-11-24-22(15-20)28-25(30)16-31-24/h2-11,14-15,17H,12-13,16H2,1H3,(H,28,30). The van der Waals surface area contributed by atoms with Gasteiger partial charge in [0.2, 0.25) is 0 Å². The molecule has 5 rings (SSSR count). The van der Waals surface area contributed by atoms with Crippen LogP contribution in [0, 0.1) is 6.92 Å². The number of carbonyl (C=O) groups excluding carboxylic acids is 1. The first kappa shape index (κ1) is 20.3. The molecule has 1 amide bonds. The first-order chi connectivity index (χ1) is 15.7. The van der Waals surface area contributed by atoms with Gasteiger partial charge in [-0.05, 0) is 54.8 Å². The monoisotopic (exact) mass is 441 g/mol. The predicted molar refractivity (Wildman–Crippen MR) is 128 cm³/mol. The van der Waals surface area contributed by atoms with Crippen molar-refractivity contribution in [2.75, 3.05) is 11.9 Å². The van der Waals surface area contributed by atoms with E-state index in [9.17, 15) is 4.79 Å². The van der Waals surface area contributed by atoms with Crippen molar-refractivity contribution in [3.63, 3.8) is 0 Å². The molecule has 1 aliphatic heterocycles. The molecule has 1 N–H and O–H groups in total. The Labute approximate surface area is 190 Å². The summed E-state index contributed by atoms with van der Waals surface area (Å²) in [7, 11) is 0. The van der Waals surface area contributed by atoms with E-state index in [0.29, 0.717) is 11.4 Å². The summed E-state index contributed by atoms with van der Waals surface area (Å²) in [6.45, 7) is 2.93. The molecule has 32 heavy (non-hydrogen) atoms. The maximum absolute atomic E-state index is 11.8. The highest BCUT2D eigenvalue weighted by Crippen LogP contribution is 2.33. The fraction of sp³-hybridized carbons (Fsp3) is 0.154. The Kier molecular flexibility index (Phi) is 5.60. The first-order valence-electron chi connectivity index (χ1n) is 10.6. The molecule has 3 aromatic carbocycles. The highest BCUT2D eigenvalue weighted by Gasteiger charge is 2.18. The topological polar surface area (TPSA) is 55.6 Å². The normalized spacial score (nSPS) is 13.4. The molecule has 0 bridgehead atoms. The number of rotatable bonds is 5. The van der Waals surface area contributed by atoms with Gasteiger partial charge in [-0.1, -0.05) is 42.5 Å².